The van der Waals surface area contributed by atoms with Crippen molar-refractivity contribution in [1.82, 2.24) is 20.3 Å². The second kappa shape index (κ2) is 8.89. The summed E-state index contributed by atoms with van der Waals surface area (Å²) in [6.07, 6.45) is 5.63. The van der Waals surface area contributed by atoms with Crippen LogP contribution in [-0.2, 0) is 16.0 Å². The zero-order valence-corrected chi connectivity index (χ0v) is 17.5. The van der Waals surface area contributed by atoms with E-state index in [1.807, 2.05) is 17.9 Å². The van der Waals surface area contributed by atoms with Gasteiger partial charge in [-0.25, -0.2) is 4.79 Å². The van der Waals surface area contributed by atoms with Crippen LogP contribution in [0, 0.1) is 6.92 Å². The number of rotatable bonds is 5. The Hall–Kier alpha value is -2.84. The Morgan fingerprint density at radius 3 is 2.93 bits per heavy atom. The van der Waals surface area contributed by atoms with Crippen molar-refractivity contribution in [3.63, 3.8) is 0 Å². The van der Waals surface area contributed by atoms with Crippen LogP contribution in [0.3, 0.4) is 0 Å². The SMILES string of the molecule is Cc1cc(CC(=O)Nc2cc([C@H]3CC[C@@H](OC(=O)N4CCCC[C@@H]4C)C3)[nH]n2)on1. The number of aryl methyl sites for hydroxylation is 1. The lowest BCUT2D eigenvalue weighted by molar-refractivity contribution is -0.115. The monoisotopic (exact) mass is 415 g/mol. The molecule has 1 aliphatic heterocycles. The Labute approximate surface area is 175 Å². The van der Waals surface area contributed by atoms with Crippen molar-refractivity contribution in [2.75, 3.05) is 11.9 Å². The second-order valence-corrected chi connectivity index (χ2v) is 8.42. The Balaban J connectivity index is 1.27. The van der Waals surface area contributed by atoms with Gasteiger partial charge in [0.15, 0.2) is 5.82 Å². The molecule has 9 heteroatoms. The van der Waals surface area contributed by atoms with E-state index >= 15 is 0 Å². The maximum Gasteiger partial charge on any atom is 0.410 e. The van der Waals surface area contributed by atoms with Gasteiger partial charge in [0, 0.05) is 36.3 Å². The molecular weight excluding hydrogens is 386 g/mol. The first-order chi connectivity index (χ1) is 14.5. The predicted octanol–water partition coefficient (Wildman–Crippen LogP) is 3.53. The van der Waals surface area contributed by atoms with Crippen LogP contribution in [0.4, 0.5) is 10.6 Å². The largest absolute Gasteiger partial charge is 0.446 e. The Kier molecular flexibility index (Phi) is 6.06. The molecule has 2 aromatic heterocycles. The third-order valence-corrected chi connectivity index (χ3v) is 6.01. The number of aromatic nitrogens is 3. The number of hydrogen-bond acceptors (Lipinski definition) is 6. The van der Waals surface area contributed by atoms with E-state index in [1.165, 1.54) is 6.42 Å². The van der Waals surface area contributed by atoms with E-state index in [0.29, 0.717) is 11.6 Å². The molecule has 0 spiro atoms. The van der Waals surface area contributed by atoms with Crippen molar-refractivity contribution in [1.29, 1.82) is 0 Å². The number of nitrogens with one attached hydrogen (secondary N) is 2. The lowest BCUT2D eigenvalue weighted by atomic mass is 10.0. The Bertz CT molecular complexity index is 892. The molecule has 2 N–H and O–H groups in total. The second-order valence-electron chi connectivity index (χ2n) is 8.42. The van der Waals surface area contributed by atoms with E-state index in [2.05, 4.69) is 27.6 Å². The average Bonchev–Trinajstić information content (AvgIpc) is 3.44. The lowest BCUT2D eigenvalue weighted by Gasteiger charge is -2.33. The molecule has 2 aliphatic rings. The molecule has 1 aliphatic carbocycles. The molecule has 3 heterocycles. The van der Waals surface area contributed by atoms with Crippen molar-refractivity contribution in [2.24, 2.45) is 0 Å². The van der Waals surface area contributed by atoms with Crippen molar-refractivity contribution >= 4 is 17.8 Å². The molecule has 0 radical (unpaired) electrons. The van der Waals surface area contributed by atoms with E-state index in [9.17, 15) is 9.59 Å². The van der Waals surface area contributed by atoms with Crippen molar-refractivity contribution in [3.8, 4) is 0 Å². The minimum Gasteiger partial charge on any atom is -0.446 e. The van der Waals surface area contributed by atoms with Gasteiger partial charge in [-0.1, -0.05) is 5.16 Å². The fourth-order valence-electron chi connectivity index (χ4n) is 4.36. The van der Waals surface area contributed by atoms with E-state index in [4.69, 9.17) is 9.26 Å². The fraction of sp³-hybridized carbons (Fsp3) is 0.619. The van der Waals surface area contributed by atoms with Crippen molar-refractivity contribution in [3.05, 3.63) is 29.3 Å². The van der Waals surface area contributed by atoms with Crippen LogP contribution >= 0.6 is 0 Å². The van der Waals surface area contributed by atoms with Gasteiger partial charge in [-0.2, -0.15) is 5.10 Å². The van der Waals surface area contributed by atoms with Gasteiger partial charge in [-0.15, -0.1) is 0 Å². The Morgan fingerprint density at radius 1 is 1.30 bits per heavy atom. The van der Waals surface area contributed by atoms with Gasteiger partial charge in [0.1, 0.15) is 11.9 Å². The zero-order valence-electron chi connectivity index (χ0n) is 17.5. The third-order valence-electron chi connectivity index (χ3n) is 6.01. The standard InChI is InChI=1S/C21H29N5O4/c1-13-9-17(30-25-13)11-20(27)22-19-12-18(23-24-19)15-6-7-16(10-15)29-21(28)26-8-4-3-5-14(26)2/h9,12,14-16H,3-8,10-11H2,1-2H3,(H2,22,23,24,27)/t14-,15-,16+/m0/s1. The minimum absolute atomic E-state index is 0.0762. The summed E-state index contributed by atoms with van der Waals surface area (Å²) in [6, 6.07) is 3.84. The summed E-state index contributed by atoms with van der Waals surface area (Å²) in [5.74, 6) is 1.02. The fourth-order valence-corrected chi connectivity index (χ4v) is 4.36. The molecular formula is C21H29N5O4. The van der Waals surface area contributed by atoms with E-state index in [1.54, 1.807) is 6.07 Å². The summed E-state index contributed by atoms with van der Waals surface area (Å²) >= 11 is 0. The van der Waals surface area contributed by atoms with Gasteiger partial charge in [0.2, 0.25) is 5.91 Å². The summed E-state index contributed by atoms with van der Waals surface area (Å²) in [7, 11) is 0. The quantitative estimate of drug-likeness (QED) is 0.772. The van der Waals surface area contributed by atoms with Crippen LogP contribution in [0.1, 0.15) is 68.5 Å². The van der Waals surface area contributed by atoms with Crippen LogP contribution < -0.4 is 5.32 Å². The van der Waals surface area contributed by atoms with Crippen molar-refractivity contribution < 1.29 is 18.8 Å². The molecule has 4 rings (SSSR count). The number of likely N-dealkylation sites (tertiary alicyclic amines) is 1. The van der Waals surface area contributed by atoms with Gasteiger partial charge < -0.3 is 19.5 Å². The van der Waals surface area contributed by atoms with E-state index in [-0.39, 0.29) is 36.5 Å². The predicted molar refractivity (Wildman–Crippen MR) is 109 cm³/mol. The highest BCUT2D eigenvalue weighted by molar-refractivity contribution is 5.91. The molecule has 0 bridgehead atoms. The number of carbonyl (C=O) groups is 2. The summed E-state index contributed by atoms with van der Waals surface area (Å²) in [5, 5.41) is 13.8. The van der Waals surface area contributed by atoms with Crippen molar-refractivity contribution in [2.45, 2.75) is 76.9 Å². The number of hydrogen-bond donors (Lipinski definition) is 2. The first kappa shape index (κ1) is 20.4. The number of aromatic amines is 1. The molecule has 162 valence electrons. The number of H-pyrrole nitrogens is 1. The highest BCUT2D eigenvalue weighted by atomic mass is 16.6. The van der Waals surface area contributed by atoms with Crippen LogP contribution in [-0.4, -0.2) is 50.9 Å². The molecule has 2 amide bonds. The van der Waals surface area contributed by atoms with E-state index in [0.717, 1.165) is 50.0 Å². The number of amides is 2. The smallest absolute Gasteiger partial charge is 0.410 e. The molecule has 9 nitrogen and oxygen atoms in total. The number of piperidine rings is 1. The highest BCUT2D eigenvalue weighted by Gasteiger charge is 2.32. The number of ether oxygens (including phenoxy) is 1. The third kappa shape index (κ3) is 4.83. The average molecular weight is 415 g/mol. The summed E-state index contributed by atoms with van der Waals surface area (Å²) in [4.78, 5) is 26.5. The lowest BCUT2D eigenvalue weighted by Crippen LogP contribution is -2.43. The van der Waals surface area contributed by atoms with E-state index < -0.39 is 0 Å². The summed E-state index contributed by atoms with van der Waals surface area (Å²) < 4.78 is 10.8. The van der Waals surface area contributed by atoms with Crippen LogP contribution in [0.25, 0.3) is 0 Å². The molecule has 0 aromatic carbocycles. The topological polar surface area (TPSA) is 113 Å². The number of nitrogens with zero attached hydrogens (tertiary/aromatic N) is 3. The maximum atomic E-state index is 12.5. The molecule has 2 aromatic rings. The number of carbonyl (C=O) groups excluding carboxylic acids is 2. The first-order valence-corrected chi connectivity index (χ1v) is 10.7. The van der Waals surface area contributed by atoms with Gasteiger partial charge in [-0.3, -0.25) is 9.89 Å². The van der Waals surface area contributed by atoms with Crippen LogP contribution in [0.15, 0.2) is 16.7 Å². The molecule has 2 fully saturated rings. The minimum atomic E-state index is -0.210. The maximum absolute atomic E-state index is 12.5. The normalized spacial score (nSPS) is 24.1. The molecule has 0 unspecified atom stereocenters. The first-order valence-electron chi connectivity index (χ1n) is 10.7. The molecule has 1 saturated carbocycles. The summed E-state index contributed by atoms with van der Waals surface area (Å²) in [5.41, 5.74) is 1.69. The Morgan fingerprint density at radius 2 is 2.17 bits per heavy atom. The van der Waals surface area contributed by atoms with Gasteiger partial charge in [-0.05, 0) is 52.4 Å². The molecule has 30 heavy (non-hydrogen) atoms. The number of anilines is 1. The summed E-state index contributed by atoms with van der Waals surface area (Å²) in [6.45, 7) is 4.68. The van der Waals surface area contributed by atoms with Crippen LogP contribution in [0.2, 0.25) is 0 Å². The van der Waals surface area contributed by atoms with Gasteiger partial charge in [0.05, 0.1) is 12.1 Å². The zero-order chi connectivity index (χ0) is 21.1. The van der Waals surface area contributed by atoms with Gasteiger partial charge in [0.25, 0.3) is 0 Å². The van der Waals surface area contributed by atoms with Gasteiger partial charge >= 0.3 is 6.09 Å². The molecule has 3 atom stereocenters. The molecule has 1 saturated heterocycles. The van der Waals surface area contributed by atoms with Crippen LogP contribution in [0.5, 0.6) is 0 Å². The highest BCUT2D eigenvalue weighted by Crippen LogP contribution is 2.36.